The Morgan fingerprint density at radius 3 is 1.18 bits per heavy atom. The summed E-state index contributed by atoms with van der Waals surface area (Å²) in [5, 5.41) is 2.83. The van der Waals surface area contributed by atoms with Crippen LogP contribution in [-0.2, 0) is 5.41 Å². The van der Waals surface area contributed by atoms with Crippen molar-refractivity contribution in [2.75, 3.05) is 0 Å². The molecule has 5 aromatic rings. The van der Waals surface area contributed by atoms with Crippen LogP contribution in [0.15, 0.2) is 121 Å². The van der Waals surface area contributed by atoms with Gasteiger partial charge in [-0.25, -0.2) is 0 Å². The fraction of sp³-hybridized carbons (Fsp3) is 0.121. The van der Waals surface area contributed by atoms with E-state index in [1.165, 1.54) is 57.7 Å². The number of benzene rings is 4. The molecule has 0 unspecified atom stereocenters. The summed E-state index contributed by atoms with van der Waals surface area (Å²) in [5.41, 5.74) is 9.09. The summed E-state index contributed by atoms with van der Waals surface area (Å²) in [4.78, 5) is 0. The SMILES string of the molecule is CC(C)(C)c1pc(-c2ccccc2)c(-c2ccccc2)c(-c2ccccc2)c1-c1ccccc1. The molecule has 0 aliphatic carbocycles. The number of hydrogen-bond acceptors (Lipinski definition) is 0. The van der Waals surface area contributed by atoms with E-state index in [1.54, 1.807) is 0 Å². The van der Waals surface area contributed by atoms with Crippen molar-refractivity contribution < 1.29 is 0 Å². The quantitative estimate of drug-likeness (QED) is 0.252. The van der Waals surface area contributed by atoms with E-state index >= 15 is 0 Å². The van der Waals surface area contributed by atoms with Crippen molar-refractivity contribution in [1.29, 1.82) is 0 Å². The first kappa shape index (κ1) is 22.3. The van der Waals surface area contributed by atoms with Crippen LogP contribution in [0.3, 0.4) is 0 Å². The molecule has 34 heavy (non-hydrogen) atoms. The molecule has 0 saturated carbocycles. The van der Waals surface area contributed by atoms with E-state index in [9.17, 15) is 0 Å². The van der Waals surface area contributed by atoms with E-state index in [0.29, 0.717) is 0 Å². The molecule has 0 fully saturated rings. The van der Waals surface area contributed by atoms with Crippen LogP contribution in [0.2, 0.25) is 0 Å². The smallest absolute Gasteiger partial charge is 0.0178 e. The second kappa shape index (κ2) is 9.41. The van der Waals surface area contributed by atoms with Crippen LogP contribution in [0.1, 0.15) is 26.1 Å². The monoisotopic (exact) mass is 456 g/mol. The van der Waals surface area contributed by atoms with Crippen molar-refractivity contribution in [3.63, 3.8) is 0 Å². The first-order valence-electron chi connectivity index (χ1n) is 11.8. The Labute approximate surface area is 205 Å². The maximum absolute atomic E-state index is 2.34. The van der Waals surface area contributed by atoms with Crippen molar-refractivity contribution >= 4 is 8.19 Å². The Bertz CT molecular complexity index is 1380. The predicted molar refractivity (Wildman–Crippen MR) is 149 cm³/mol. The highest BCUT2D eigenvalue weighted by atomic mass is 31.0. The average molecular weight is 457 g/mol. The van der Waals surface area contributed by atoms with Gasteiger partial charge in [-0.2, -0.15) is 0 Å². The third-order valence-corrected chi connectivity index (χ3v) is 7.97. The lowest BCUT2D eigenvalue weighted by Gasteiger charge is -2.29. The van der Waals surface area contributed by atoms with Gasteiger partial charge >= 0.3 is 0 Å². The summed E-state index contributed by atoms with van der Waals surface area (Å²) in [7, 11) is 1.26. The van der Waals surface area contributed by atoms with Crippen molar-refractivity contribution in [2.24, 2.45) is 0 Å². The summed E-state index contributed by atoms with van der Waals surface area (Å²) in [6.45, 7) is 7.03. The maximum atomic E-state index is 2.34. The molecule has 0 nitrogen and oxygen atoms in total. The number of hydrogen-bond donors (Lipinski definition) is 0. The second-order valence-corrected chi connectivity index (χ2v) is 10.8. The van der Waals surface area contributed by atoms with Gasteiger partial charge in [0.2, 0.25) is 0 Å². The fourth-order valence-corrected chi connectivity index (χ4v) is 6.14. The van der Waals surface area contributed by atoms with E-state index in [-0.39, 0.29) is 5.41 Å². The van der Waals surface area contributed by atoms with Gasteiger partial charge in [-0.1, -0.05) is 150 Å². The standard InChI is InChI=1S/C33H29P/c1-33(2,3)32-30(26-20-12-6-13-21-26)28(24-16-8-4-9-17-24)29(25-18-10-5-11-19-25)31(34-32)27-22-14-7-15-23-27/h4-23H,1-3H3. The van der Waals surface area contributed by atoms with Gasteiger partial charge in [0.15, 0.2) is 0 Å². The lowest BCUT2D eigenvalue weighted by Crippen LogP contribution is -2.12. The van der Waals surface area contributed by atoms with Gasteiger partial charge in [0, 0.05) is 10.9 Å². The van der Waals surface area contributed by atoms with E-state index in [4.69, 9.17) is 0 Å². The Morgan fingerprint density at radius 2 is 0.765 bits per heavy atom. The highest BCUT2D eigenvalue weighted by molar-refractivity contribution is 7.35. The zero-order valence-electron chi connectivity index (χ0n) is 20.0. The second-order valence-electron chi connectivity index (χ2n) is 9.65. The van der Waals surface area contributed by atoms with Crippen molar-refractivity contribution in [2.45, 2.75) is 26.2 Å². The minimum Gasteiger partial charge on any atom is -0.0624 e. The molecule has 166 valence electrons. The topological polar surface area (TPSA) is 0 Å². The first-order valence-corrected chi connectivity index (χ1v) is 12.7. The summed E-state index contributed by atoms with van der Waals surface area (Å²) < 4.78 is 0. The highest BCUT2D eigenvalue weighted by Gasteiger charge is 2.28. The molecule has 0 aliphatic heterocycles. The molecule has 1 heteroatoms. The predicted octanol–water partition coefficient (Wildman–Crippen LogP) is 10.2. The summed E-state index contributed by atoms with van der Waals surface area (Å²) in [5.74, 6) is 0. The molecule has 0 bridgehead atoms. The van der Waals surface area contributed by atoms with Crippen LogP contribution >= 0.6 is 8.19 Å². The minimum absolute atomic E-state index is 0.00894. The van der Waals surface area contributed by atoms with Crippen LogP contribution in [0.25, 0.3) is 44.2 Å². The van der Waals surface area contributed by atoms with Crippen LogP contribution in [0.4, 0.5) is 0 Å². The first-order chi connectivity index (χ1) is 16.5. The van der Waals surface area contributed by atoms with Gasteiger partial charge < -0.3 is 0 Å². The van der Waals surface area contributed by atoms with Gasteiger partial charge in [0.25, 0.3) is 0 Å². The van der Waals surface area contributed by atoms with Gasteiger partial charge in [0.05, 0.1) is 0 Å². The molecule has 0 amide bonds. The van der Waals surface area contributed by atoms with E-state index in [1.807, 2.05) is 0 Å². The third kappa shape index (κ3) is 4.35. The van der Waals surface area contributed by atoms with Crippen molar-refractivity contribution in [3.8, 4) is 44.2 Å². The summed E-state index contributed by atoms with van der Waals surface area (Å²) in [6, 6.07) is 43.7. The zero-order valence-corrected chi connectivity index (χ0v) is 20.9. The molecular weight excluding hydrogens is 427 g/mol. The molecule has 5 rings (SSSR count). The Kier molecular flexibility index (Phi) is 6.18. The normalized spacial score (nSPS) is 11.6. The molecule has 0 N–H and O–H groups in total. The van der Waals surface area contributed by atoms with Crippen LogP contribution < -0.4 is 0 Å². The minimum atomic E-state index is 0.00894. The summed E-state index contributed by atoms with van der Waals surface area (Å²) in [6.07, 6.45) is 0. The molecule has 0 aliphatic rings. The van der Waals surface area contributed by atoms with Crippen molar-refractivity contribution in [1.82, 2.24) is 0 Å². The summed E-state index contributed by atoms with van der Waals surface area (Å²) >= 11 is 0. The molecule has 0 radical (unpaired) electrons. The molecular formula is C33H29P. The number of rotatable bonds is 4. The van der Waals surface area contributed by atoms with Crippen LogP contribution in [0.5, 0.6) is 0 Å². The molecule has 0 spiro atoms. The lowest BCUT2D eigenvalue weighted by atomic mass is 9.82. The molecule has 0 atom stereocenters. The van der Waals surface area contributed by atoms with E-state index in [2.05, 4.69) is 142 Å². The maximum Gasteiger partial charge on any atom is 0.0178 e. The Balaban J connectivity index is 2.02. The van der Waals surface area contributed by atoms with Gasteiger partial charge in [-0.3, -0.25) is 0 Å². The third-order valence-electron chi connectivity index (χ3n) is 6.14. The average Bonchev–Trinajstić information content (AvgIpc) is 2.89. The molecule has 4 aromatic carbocycles. The van der Waals surface area contributed by atoms with E-state index in [0.717, 1.165) is 0 Å². The molecule has 0 saturated heterocycles. The van der Waals surface area contributed by atoms with E-state index < -0.39 is 0 Å². The molecule has 1 aromatic heterocycles. The van der Waals surface area contributed by atoms with Crippen LogP contribution in [0, 0.1) is 0 Å². The van der Waals surface area contributed by atoms with Gasteiger partial charge in [-0.05, 0) is 44.1 Å². The van der Waals surface area contributed by atoms with Gasteiger partial charge in [-0.15, -0.1) is 0 Å². The highest BCUT2D eigenvalue weighted by Crippen LogP contribution is 2.54. The van der Waals surface area contributed by atoms with Crippen molar-refractivity contribution in [3.05, 3.63) is 127 Å². The fourth-order valence-electron chi connectivity index (χ4n) is 4.60. The Hall–Kier alpha value is -3.47. The Morgan fingerprint density at radius 1 is 0.412 bits per heavy atom. The molecule has 1 heterocycles. The van der Waals surface area contributed by atoms with Crippen LogP contribution in [-0.4, -0.2) is 0 Å². The van der Waals surface area contributed by atoms with Gasteiger partial charge in [0.1, 0.15) is 0 Å². The largest absolute Gasteiger partial charge is 0.0624 e. The lowest BCUT2D eigenvalue weighted by molar-refractivity contribution is 0.605. The zero-order chi connectivity index (χ0) is 23.5.